The summed E-state index contributed by atoms with van der Waals surface area (Å²) < 4.78 is 1.73. The summed E-state index contributed by atoms with van der Waals surface area (Å²) in [5.74, 6) is 0.646. The second-order valence-corrected chi connectivity index (χ2v) is 9.72. The lowest BCUT2D eigenvalue weighted by Gasteiger charge is -2.24. The van der Waals surface area contributed by atoms with Gasteiger partial charge in [0.25, 0.3) is 5.56 Å². The Kier molecular flexibility index (Phi) is 5.13. The highest BCUT2D eigenvalue weighted by molar-refractivity contribution is 7.18. The molecule has 0 radical (unpaired) electrons. The molecule has 1 aliphatic rings. The van der Waals surface area contributed by atoms with E-state index in [9.17, 15) is 4.79 Å². The summed E-state index contributed by atoms with van der Waals surface area (Å²) in [7, 11) is 0. The van der Waals surface area contributed by atoms with Gasteiger partial charge in [0.15, 0.2) is 0 Å². The summed E-state index contributed by atoms with van der Waals surface area (Å²) in [6.07, 6.45) is 6.57. The van der Waals surface area contributed by atoms with Crippen LogP contribution in [0.1, 0.15) is 36.3 Å². The van der Waals surface area contributed by atoms with Gasteiger partial charge < -0.3 is 5.32 Å². The Balaban J connectivity index is 1.45. The number of fused-ring (bicyclic) bond motifs is 4. The second kappa shape index (κ2) is 7.93. The maximum absolute atomic E-state index is 13.3. The minimum atomic E-state index is 0.0687. The molecule has 4 aromatic rings. The van der Waals surface area contributed by atoms with E-state index in [0.717, 1.165) is 52.5 Å². The zero-order valence-corrected chi connectivity index (χ0v) is 18.2. The minimum Gasteiger partial charge on any atom is -0.313 e. The van der Waals surface area contributed by atoms with E-state index in [1.165, 1.54) is 10.4 Å². The average molecular weight is 419 g/mol. The molecule has 0 amide bonds. The van der Waals surface area contributed by atoms with Crippen LogP contribution in [0.4, 0.5) is 0 Å². The summed E-state index contributed by atoms with van der Waals surface area (Å²) in [6.45, 7) is 5.99. The van der Waals surface area contributed by atoms with Crippen LogP contribution in [0, 0.1) is 5.92 Å². The van der Waals surface area contributed by atoms with Crippen LogP contribution in [-0.2, 0) is 19.4 Å². The predicted molar refractivity (Wildman–Crippen MR) is 123 cm³/mol. The molecule has 0 spiro atoms. The molecule has 6 heteroatoms. The van der Waals surface area contributed by atoms with E-state index in [0.29, 0.717) is 18.5 Å². The molecule has 5 nitrogen and oxygen atoms in total. The molecule has 1 aliphatic carbocycles. The van der Waals surface area contributed by atoms with Crippen molar-refractivity contribution < 1.29 is 0 Å². The Morgan fingerprint density at radius 2 is 2.13 bits per heavy atom. The van der Waals surface area contributed by atoms with Crippen molar-refractivity contribution in [3.8, 4) is 0 Å². The van der Waals surface area contributed by atoms with Crippen LogP contribution >= 0.6 is 11.3 Å². The molecule has 0 bridgehead atoms. The van der Waals surface area contributed by atoms with Crippen molar-refractivity contribution in [3.05, 3.63) is 69.2 Å². The Morgan fingerprint density at radius 1 is 1.27 bits per heavy atom. The highest BCUT2D eigenvalue weighted by Crippen LogP contribution is 2.33. The number of rotatable bonds is 5. The number of aromatic nitrogens is 3. The van der Waals surface area contributed by atoms with Crippen LogP contribution < -0.4 is 10.9 Å². The van der Waals surface area contributed by atoms with Crippen molar-refractivity contribution in [2.75, 3.05) is 6.54 Å². The van der Waals surface area contributed by atoms with E-state index < -0.39 is 0 Å². The Bertz CT molecular complexity index is 1270. The van der Waals surface area contributed by atoms with Gasteiger partial charge in [-0.2, -0.15) is 0 Å². The fraction of sp³-hybridized carbons (Fsp3) is 0.375. The number of nitrogens with zero attached hydrogens (tertiary/aromatic N) is 3. The van der Waals surface area contributed by atoms with Gasteiger partial charge in [-0.1, -0.05) is 32.0 Å². The molecule has 3 aromatic heterocycles. The molecule has 1 atom stereocenters. The molecule has 30 heavy (non-hydrogen) atoms. The molecular weight excluding hydrogens is 392 g/mol. The van der Waals surface area contributed by atoms with Gasteiger partial charge in [-0.25, -0.2) is 4.98 Å². The van der Waals surface area contributed by atoms with E-state index >= 15 is 0 Å². The van der Waals surface area contributed by atoms with Crippen molar-refractivity contribution in [1.29, 1.82) is 0 Å². The van der Waals surface area contributed by atoms with Crippen LogP contribution in [0.5, 0.6) is 0 Å². The monoisotopic (exact) mass is 418 g/mol. The third-order valence-corrected chi connectivity index (χ3v) is 7.01. The lowest BCUT2D eigenvalue weighted by atomic mass is 9.93. The molecule has 1 aromatic carbocycles. The zero-order chi connectivity index (χ0) is 20.7. The Labute approximate surface area is 179 Å². The van der Waals surface area contributed by atoms with Crippen LogP contribution in [0.3, 0.4) is 0 Å². The number of nitrogens with one attached hydrogen (secondary N) is 1. The standard InChI is InChI=1S/C24H26N4OS/c1-15(2)11-25-18-7-8-19-21(10-18)30-23-22(19)24(29)28(14-27-23)13-16-9-17-5-3-4-6-20(17)26-12-16/h3-6,9,12,14-15,18,25H,7-8,10-11,13H2,1-2H3. The number of hydrogen-bond donors (Lipinski definition) is 1. The van der Waals surface area contributed by atoms with Crippen molar-refractivity contribution in [2.24, 2.45) is 5.92 Å². The number of hydrogen-bond acceptors (Lipinski definition) is 5. The lowest BCUT2D eigenvalue weighted by molar-refractivity contribution is 0.429. The maximum Gasteiger partial charge on any atom is 0.262 e. The van der Waals surface area contributed by atoms with E-state index in [2.05, 4.69) is 41.3 Å². The average Bonchev–Trinajstić information content (AvgIpc) is 3.12. The van der Waals surface area contributed by atoms with E-state index in [-0.39, 0.29) is 5.56 Å². The fourth-order valence-electron chi connectivity index (χ4n) is 4.29. The van der Waals surface area contributed by atoms with Gasteiger partial charge >= 0.3 is 0 Å². The Hall–Kier alpha value is -2.57. The largest absolute Gasteiger partial charge is 0.313 e. The van der Waals surface area contributed by atoms with Crippen LogP contribution in [0.25, 0.3) is 21.1 Å². The van der Waals surface area contributed by atoms with Gasteiger partial charge in [-0.3, -0.25) is 14.3 Å². The first-order valence-electron chi connectivity index (χ1n) is 10.6. The molecule has 0 aliphatic heterocycles. The molecule has 0 saturated carbocycles. The summed E-state index contributed by atoms with van der Waals surface area (Å²) >= 11 is 1.69. The van der Waals surface area contributed by atoms with Crippen LogP contribution in [-0.4, -0.2) is 27.1 Å². The molecule has 1 N–H and O–H groups in total. The van der Waals surface area contributed by atoms with Crippen molar-refractivity contribution in [3.63, 3.8) is 0 Å². The van der Waals surface area contributed by atoms with Crippen LogP contribution in [0.15, 0.2) is 47.7 Å². The third-order valence-electron chi connectivity index (χ3n) is 5.85. The molecule has 3 heterocycles. The van der Waals surface area contributed by atoms with E-state index in [1.807, 2.05) is 24.4 Å². The van der Waals surface area contributed by atoms with Gasteiger partial charge in [0.05, 0.1) is 23.8 Å². The normalized spacial score (nSPS) is 16.4. The predicted octanol–water partition coefficient (Wildman–Crippen LogP) is 4.16. The fourth-order valence-corrected chi connectivity index (χ4v) is 5.55. The van der Waals surface area contributed by atoms with Gasteiger partial charge in [0.1, 0.15) is 4.83 Å². The summed E-state index contributed by atoms with van der Waals surface area (Å²) in [4.78, 5) is 24.7. The topological polar surface area (TPSA) is 59.8 Å². The minimum absolute atomic E-state index is 0.0687. The molecular formula is C24H26N4OS. The molecule has 5 rings (SSSR count). The number of thiophene rings is 1. The smallest absolute Gasteiger partial charge is 0.262 e. The third kappa shape index (κ3) is 3.66. The molecule has 154 valence electrons. The summed E-state index contributed by atoms with van der Waals surface area (Å²) in [5, 5.41) is 5.59. The van der Waals surface area contributed by atoms with Gasteiger partial charge in [-0.15, -0.1) is 11.3 Å². The number of pyridine rings is 1. The maximum atomic E-state index is 13.3. The highest BCUT2D eigenvalue weighted by Gasteiger charge is 2.25. The summed E-state index contributed by atoms with van der Waals surface area (Å²) in [6, 6.07) is 10.6. The Morgan fingerprint density at radius 3 is 3.00 bits per heavy atom. The van der Waals surface area contributed by atoms with Gasteiger partial charge in [0.2, 0.25) is 0 Å². The zero-order valence-electron chi connectivity index (χ0n) is 17.4. The second-order valence-electron chi connectivity index (χ2n) is 8.64. The van der Waals surface area contributed by atoms with Crippen molar-refractivity contribution in [2.45, 2.75) is 45.7 Å². The van der Waals surface area contributed by atoms with Crippen LogP contribution in [0.2, 0.25) is 0 Å². The number of aryl methyl sites for hydroxylation is 1. The molecule has 0 fully saturated rings. The van der Waals surface area contributed by atoms with Crippen molar-refractivity contribution >= 4 is 32.5 Å². The van der Waals surface area contributed by atoms with Crippen molar-refractivity contribution in [1.82, 2.24) is 19.9 Å². The SMILES string of the molecule is CC(C)CNC1CCc2c(sc3ncn(Cc4cnc5ccccc5c4)c(=O)c23)C1. The number of para-hydroxylation sites is 1. The molecule has 0 saturated heterocycles. The molecule has 1 unspecified atom stereocenters. The first-order chi connectivity index (χ1) is 14.6. The quantitative estimate of drug-likeness (QED) is 0.529. The first-order valence-corrected chi connectivity index (χ1v) is 11.5. The highest BCUT2D eigenvalue weighted by atomic mass is 32.1. The van der Waals surface area contributed by atoms with E-state index in [4.69, 9.17) is 0 Å². The number of benzene rings is 1. The lowest BCUT2D eigenvalue weighted by Crippen LogP contribution is -2.36. The van der Waals surface area contributed by atoms with Gasteiger partial charge in [0, 0.05) is 22.5 Å². The summed E-state index contributed by atoms with van der Waals surface area (Å²) in [5.41, 5.74) is 3.27. The van der Waals surface area contributed by atoms with E-state index in [1.54, 1.807) is 22.2 Å². The van der Waals surface area contributed by atoms with Gasteiger partial charge in [-0.05, 0) is 55.0 Å². The first kappa shape index (κ1) is 19.4.